The van der Waals surface area contributed by atoms with Crippen molar-refractivity contribution < 1.29 is 28.8 Å². The van der Waals surface area contributed by atoms with Crippen LogP contribution in [0, 0.1) is 0 Å². The van der Waals surface area contributed by atoms with E-state index in [1.165, 1.54) is 7.05 Å². The summed E-state index contributed by atoms with van der Waals surface area (Å²) >= 11 is 0. The third-order valence-corrected chi connectivity index (χ3v) is 4.84. The molecule has 0 bridgehead atoms. The third-order valence-electron chi connectivity index (χ3n) is 4.84. The van der Waals surface area contributed by atoms with Crippen LogP contribution in [0.5, 0.6) is 0 Å². The summed E-state index contributed by atoms with van der Waals surface area (Å²) in [6.45, 7) is 0. The highest BCUT2D eigenvalue weighted by Gasteiger charge is 2.18. The van der Waals surface area contributed by atoms with Gasteiger partial charge in [0.2, 0.25) is 41.5 Å². The molecule has 1 heterocycles. The van der Waals surface area contributed by atoms with E-state index in [0.29, 0.717) is 0 Å². The zero-order valence-electron chi connectivity index (χ0n) is 19.6. The maximum absolute atomic E-state index is 12.8. The lowest BCUT2D eigenvalue weighted by atomic mass is 10.0. The molecule has 6 amide bonds. The minimum atomic E-state index is -0.898. The van der Waals surface area contributed by atoms with Gasteiger partial charge in [-0.05, 0) is 36.4 Å². The molecule has 0 fully saturated rings. The number of hydrogen-bond acceptors (Lipinski definition) is 10. The molecule has 0 spiro atoms. The van der Waals surface area contributed by atoms with E-state index in [0.717, 1.165) is 36.4 Å². The van der Waals surface area contributed by atoms with Crippen molar-refractivity contribution in [2.24, 2.45) is 22.9 Å². The molecule has 16 heteroatoms. The van der Waals surface area contributed by atoms with Gasteiger partial charge >= 0.3 is 0 Å². The van der Waals surface area contributed by atoms with Crippen molar-refractivity contribution in [1.82, 2.24) is 15.0 Å². The topological polar surface area (TPSA) is 281 Å². The lowest BCUT2D eigenvalue weighted by molar-refractivity contribution is 0.0982. The quantitative estimate of drug-likeness (QED) is 0.177. The number of hydrogen-bond donors (Lipinski definition) is 7. The zero-order chi connectivity index (χ0) is 28.1. The van der Waals surface area contributed by atoms with E-state index >= 15 is 0 Å². The highest BCUT2D eigenvalue weighted by atomic mass is 16.2. The number of nitrogens with zero attached hydrogens (tertiary/aromatic N) is 3. The van der Waals surface area contributed by atoms with E-state index in [4.69, 9.17) is 22.9 Å². The van der Waals surface area contributed by atoms with Gasteiger partial charge in [-0.1, -0.05) is 0 Å². The smallest absolute Gasteiger partial charge is 0.258 e. The lowest BCUT2D eigenvalue weighted by Gasteiger charge is -2.10. The Bertz CT molecular complexity index is 1350. The van der Waals surface area contributed by atoms with Crippen LogP contribution < -0.4 is 38.9 Å². The Morgan fingerprint density at radius 3 is 1.03 bits per heavy atom. The normalized spacial score (nSPS) is 10.2. The van der Waals surface area contributed by atoms with Crippen molar-refractivity contribution in [3.63, 3.8) is 0 Å². The SMILES string of the molecule is CNc1nc(NC(=O)c2cc(C(N)=O)cc(C(N)=O)c2)nc(NC(=O)c2cc(C(N)=O)cc(C(N)=O)c2)n1. The van der Waals surface area contributed by atoms with Gasteiger partial charge in [0.25, 0.3) is 11.8 Å². The van der Waals surface area contributed by atoms with Gasteiger partial charge in [0.15, 0.2) is 0 Å². The number of anilines is 3. The van der Waals surface area contributed by atoms with Crippen molar-refractivity contribution in [1.29, 1.82) is 0 Å². The largest absolute Gasteiger partial charge is 0.366 e. The second kappa shape index (κ2) is 10.8. The molecular weight excluding hydrogens is 500 g/mol. The van der Waals surface area contributed by atoms with Crippen molar-refractivity contribution >= 4 is 53.3 Å². The Labute approximate surface area is 213 Å². The average molecular weight is 520 g/mol. The monoisotopic (exact) mass is 520 g/mol. The molecule has 38 heavy (non-hydrogen) atoms. The lowest BCUT2D eigenvalue weighted by Crippen LogP contribution is -2.22. The molecule has 1 aromatic heterocycles. The number of carbonyl (C=O) groups is 6. The Morgan fingerprint density at radius 1 is 0.500 bits per heavy atom. The van der Waals surface area contributed by atoms with Gasteiger partial charge in [-0.2, -0.15) is 15.0 Å². The average Bonchev–Trinajstić information content (AvgIpc) is 2.87. The Hall–Kier alpha value is -5.93. The molecule has 0 radical (unpaired) electrons. The van der Waals surface area contributed by atoms with Crippen LogP contribution in [-0.2, 0) is 0 Å². The molecule has 3 aromatic rings. The maximum Gasteiger partial charge on any atom is 0.258 e. The van der Waals surface area contributed by atoms with Crippen LogP contribution in [0.15, 0.2) is 36.4 Å². The number of rotatable bonds is 9. The molecule has 194 valence electrons. The van der Waals surface area contributed by atoms with Crippen LogP contribution >= 0.6 is 0 Å². The van der Waals surface area contributed by atoms with Gasteiger partial charge in [0.1, 0.15) is 0 Å². The number of nitrogens with one attached hydrogen (secondary N) is 3. The van der Waals surface area contributed by atoms with Crippen LogP contribution in [-0.4, -0.2) is 57.4 Å². The predicted octanol–water partition coefficient (Wildman–Crippen LogP) is -1.19. The first-order valence-corrected chi connectivity index (χ1v) is 10.4. The van der Waals surface area contributed by atoms with Gasteiger partial charge < -0.3 is 28.3 Å². The molecule has 0 atom stereocenters. The van der Waals surface area contributed by atoms with E-state index in [1.807, 2.05) is 0 Å². The molecule has 0 aliphatic carbocycles. The fourth-order valence-electron chi connectivity index (χ4n) is 3.03. The van der Waals surface area contributed by atoms with Crippen molar-refractivity contribution in [2.45, 2.75) is 0 Å². The molecule has 11 N–H and O–H groups in total. The van der Waals surface area contributed by atoms with Gasteiger partial charge in [-0.25, -0.2) is 0 Å². The summed E-state index contributed by atoms with van der Waals surface area (Å²) in [5, 5.41) is 7.32. The molecule has 0 unspecified atom stereocenters. The molecule has 0 saturated heterocycles. The van der Waals surface area contributed by atoms with Crippen LogP contribution in [0.2, 0.25) is 0 Å². The van der Waals surface area contributed by atoms with Gasteiger partial charge in [-0.3, -0.25) is 39.4 Å². The van der Waals surface area contributed by atoms with E-state index in [2.05, 4.69) is 30.9 Å². The minimum absolute atomic E-state index is 0.0713. The fourth-order valence-corrected chi connectivity index (χ4v) is 3.03. The van der Waals surface area contributed by atoms with E-state index in [9.17, 15) is 28.8 Å². The van der Waals surface area contributed by atoms with Crippen LogP contribution in [0.1, 0.15) is 62.1 Å². The Morgan fingerprint density at radius 2 is 0.763 bits per heavy atom. The molecule has 3 rings (SSSR count). The highest BCUT2D eigenvalue weighted by Crippen LogP contribution is 2.16. The van der Waals surface area contributed by atoms with E-state index in [-0.39, 0.29) is 51.2 Å². The first-order chi connectivity index (χ1) is 17.9. The van der Waals surface area contributed by atoms with Crippen LogP contribution in [0.3, 0.4) is 0 Å². The zero-order valence-corrected chi connectivity index (χ0v) is 19.6. The molecule has 0 aliphatic rings. The minimum Gasteiger partial charge on any atom is -0.366 e. The summed E-state index contributed by atoms with van der Waals surface area (Å²) in [6.07, 6.45) is 0. The van der Waals surface area contributed by atoms with Crippen molar-refractivity contribution in [3.05, 3.63) is 69.8 Å². The van der Waals surface area contributed by atoms with Gasteiger partial charge in [0, 0.05) is 40.4 Å². The molecule has 16 nitrogen and oxygen atoms in total. The summed E-state index contributed by atoms with van der Waals surface area (Å²) in [7, 11) is 1.46. The molecule has 0 saturated carbocycles. The number of aromatic nitrogens is 3. The molecule has 2 aromatic carbocycles. The van der Waals surface area contributed by atoms with Gasteiger partial charge in [0.05, 0.1) is 0 Å². The van der Waals surface area contributed by atoms with E-state index in [1.54, 1.807) is 0 Å². The second-order valence-corrected chi connectivity index (χ2v) is 7.52. The number of primary amides is 4. The number of carbonyl (C=O) groups excluding carboxylic acids is 6. The van der Waals surface area contributed by atoms with E-state index < -0.39 is 35.4 Å². The molecular formula is C22H20N10O6. The second-order valence-electron chi connectivity index (χ2n) is 7.52. The summed E-state index contributed by atoms with van der Waals surface area (Å²) in [5.41, 5.74) is 20.1. The number of benzene rings is 2. The summed E-state index contributed by atoms with van der Waals surface area (Å²) < 4.78 is 0. The number of nitrogens with two attached hydrogens (primary N) is 4. The highest BCUT2D eigenvalue weighted by molar-refractivity contribution is 6.09. The first kappa shape index (κ1) is 26.7. The van der Waals surface area contributed by atoms with Gasteiger partial charge in [-0.15, -0.1) is 0 Å². The predicted molar refractivity (Wildman–Crippen MR) is 132 cm³/mol. The number of amides is 6. The fraction of sp³-hybridized carbons (Fsp3) is 0.0455. The summed E-state index contributed by atoms with van der Waals surface area (Å²) in [6, 6.07) is 6.80. The van der Waals surface area contributed by atoms with Crippen molar-refractivity contribution in [3.8, 4) is 0 Å². The maximum atomic E-state index is 12.8. The Kier molecular flexibility index (Phi) is 7.56. The standard InChI is InChI=1S/C22H20N10O6/c1-27-20-30-21(28-18(37)12-4-8(14(23)33)2-9(5-12)15(24)34)32-22(31-20)29-19(38)13-6-10(16(25)35)3-11(7-13)17(26)36/h2-7H,1H3,(H2,23,33)(H2,24,34)(H2,25,35)(H2,26,36)(H3,27,28,29,30,31,32,37,38). The first-order valence-electron chi connectivity index (χ1n) is 10.4. The van der Waals surface area contributed by atoms with Crippen LogP contribution in [0.25, 0.3) is 0 Å². The van der Waals surface area contributed by atoms with Crippen LogP contribution in [0.4, 0.5) is 17.8 Å². The summed E-state index contributed by atoms with van der Waals surface area (Å²) in [4.78, 5) is 83.8. The Balaban J connectivity index is 1.92. The third kappa shape index (κ3) is 6.19. The molecule has 0 aliphatic heterocycles. The van der Waals surface area contributed by atoms with Crippen molar-refractivity contribution in [2.75, 3.05) is 23.0 Å². The summed E-state index contributed by atoms with van der Waals surface area (Å²) in [5.74, 6) is -6.03.